The van der Waals surface area contributed by atoms with Gasteiger partial charge in [0, 0.05) is 21.9 Å². The van der Waals surface area contributed by atoms with Crippen molar-refractivity contribution in [3.63, 3.8) is 0 Å². The van der Waals surface area contributed by atoms with Crippen LogP contribution in [0.1, 0.15) is 62.0 Å². The molecule has 0 aromatic heterocycles. The quantitative estimate of drug-likeness (QED) is 0.173. The summed E-state index contributed by atoms with van der Waals surface area (Å²) in [4.78, 5) is 15.7. The molecule has 0 saturated heterocycles. The highest BCUT2D eigenvalue weighted by Gasteiger charge is 2.64. The van der Waals surface area contributed by atoms with Gasteiger partial charge < -0.3 is 5.11 Å². The van der Waals surface area contributed by atoms with Crippen LogP contribution in [0.5, 0.6) is 0 Å². The Labute approximate surface area is 313 Å². The van der Waals surface area contributed by atoms with Crippen molar-refractivity contribution in [2.45, 2.75) is 43.1 Å². The number of aryl methyl sites for hydroxylation is 2. The van der Waals surface area contributed by atoms with Crippen LogP contribution < -0.4 is 0 Å². The molecular formula is C48H38BrNO2. The summed E-state index contributed by atoms with van der Waals surface area (Å²) < 4.78 is 0.899. The second-order valence-electron chi connectivity index (χ2n) is 14.4. The van der Waals surface area contributed by atoms with Crippen molar-refractivity contribution in [1.29, 1.82) is 5.26 Å². The van der Waals surface area contributed by atoms with Crippen LogP contribution in [-0.4, -0.2) is 10.9 Å². The van der Waals surface area contributed by atoms with E-state index in [2.05, 4.69) is 59.3 Å². The Morgan fingerprint density at radius 1 is 0.654 bits per heavy atom. The lowest BCUT2D eigenvalue weighted by atomic mass is 9.46. The fraction of sp³-hybridized carbons (Fsp3) is 0.167. The average molecular weight is 741 g/mol. The van der Waals surface area contributed by atoms with Gasteiger partial charge in [-0.1, -0.05) is 161 Å². The molecule has 0 amide bonds. The molecule has 0 spiro atoms. The van der Waals surface area contributed by atoms with E-state index in [0.29, 0.717) is 11.1 Å². The zero-order valence-corrected chi connectivity index (χ0v) is 30.7. The summed E-state index contributed by atoms with van der Waals surface area (Å²) in [5.74, 6) is -2.44. The van der Waals surface area contributed by atoms with E-state index in [9.17, 15) is 10.4 Å². The summed E-state index contributed by atoms with van der Waals surface area (Å²) in [5.41, 5.74) is 2.97. The fourth-order valence-corrected chi connectivity index (χ4v) is 9.17. The minimum absolute atomic E-state index is 0.157. The van der Waals surface area contributed by atoms with Gasteiger partial charge in [-0.2, -0.15) is 5.26 Å². The molecule has 8 rings (SSSR count). The van der Waals surface area contributed by atoms with Crippen LogP contribution >= 0.6 is 15.9 Å². The molecular weight excluding hydrogens is 702 g/mol. The van der Waals surface area contributed by atoms with Gasteiger partial charge in [-0.25, -0.2) is 0 Å². The predicted octanol–water partition coefficient (Wildman–Crippen LogP) is 11.5. The third-order valence-electron chi connectivity index (χ3n) is 11.3. The molecule has 7 aromatic rings. The number of benzene rings is 7. The van der Waals surface area contributed by atoms with E-state index in [0.717, 1.165) is 53.8 Å². The maximum Gasteiger partial charge on any atom is 0.169 e. The number of fused-ring (bicyclic) bond motifs is 2. The molecule has 0 unspecified atom stereocenters. The van der Waals surface area contributed by atoms with Gasteiger partial charge >= 0.3 is 0 Å². The summed E-state index contributed by atoms with van der Waals surface area (Å²) in [6, 6.07) is 55.2. The second kappa shape index (κ2) is 13.3. The molecule has 1 saturated carbocycles. The molecule has 4 heteroatoms. The van der Waals surface area contributed by atoms with Crippen molar-refractivity contribution < 1.29 is 9.90 Å². The van der Waals surface area contributed by atoms with Crippen molar-refractivity contribution in [3.8, 4) is 6.07 Å². The zero-order chi connectivity index (χ0) is 36.0. The average Bonchev–Trinajstić information content (AvgIpc) is 3.17. The number of aliphatic hydroxyl groups is 1. The standard InChI is InChI=1S/C48H38BrNO2/c1-31-9-7-15-37(25-31)43-29-48(52,41-20-19-34-12-4-6-14-36(34)28-41)45(46(51)39-18-17-33-11-3-5-13-35(33)27-39)44(38-16-8-10-32(2)26-38)47(43,30-50)40-21-23-42(49)24-22-40/h3-28,43-45,52H,29H2,1-2H3/t43-,44-,45+,47-,48-/m0/s1. The van der Waals surface area contributed by atoms with Crippen molar-refractivity contribution in [2.75, 3.05) is 0 Å². The third-order valence-corrected chi connectivity index (χ3v) is 11.9. The first-order chi connectivity index (χ1) is 25.2. The van der Waals surface area contributed by atoms with Gasteiger partial charge in [0.1, 0.15) is 5.60 Å². The number of carbonyl (C=O) groups is 1. The largest absolute Gasteiger partial charge is 0.384 e. The number of Topliss-reactive ketones (excluding diaryl/α,β-unsaturated/α-hetero) is 1. The van der Waals surface area contributed by atoms with E-state index >= 15 is 4.79 Å². The highest BCUT2D eigenvalue weighted by molar-refractivity contribution is 9.10. The molecule has 5 atom stereocenters. The first-order valence-corrected chi connectivity index (χ1v) is 18.6. The van der Waals surface area contributed by atoms with E-state index in [4.69, 9.17) is 0 Å². The molecule has 7 aromatic carbocycles. The molecule has 0 heterocycles. The summed E-state index contributed by atoms with van der Waals surface area (Å²) in [6.45, 7) is 4.09. The number of nitriles is 1. The maximum atomic E-state index is 15.7. The number of hydrogen-bond acceptors (Lipinski definition) is 3. The zero-order valence-electron chi connectivity index (χ0n) is 29.1. The first-order valence-electron chi connectivity index (χ1n) is 17.8. The SMILES string of the molecule is Cc1cccc([C@@H]2C[C@](O)(c3ccc4ccccc4c3)[C@@H](C(=O)c3ccc4ccccc4c3)[C@H](c3cccc(C)c3)[C@@]2(C#N)c2ccc(Br)cc2)c1. The van der Waals surface area contributed by atoms with Crippen LogP contribution in [0, 0.1) is 31.1 Å². The Morgan fingerprint density at radius 2 is 1.21 bits per heavy atom. The Hall–Kier alpha value is -5.34. The van der Waals surface area contributed by atoms with Crippen LogP contribution in [0.15, 0.2) is 162 Å². The van der Waals surface area contributed by atoms with Crippen molar-refractivity contribution in [1.82, 2.24) is 0 Å². The van der Waals surface area contributed by atoms with Gasteiger partial charge in [0.05, 0.1) is 17.4 Å². The van der Waals surface area contributed by atoms with Crippen LogP contribution in [-0.2, 0) is 11.0 Å². The molecule has 1 aliphatic carbocycles. The highest BCUT2D eigenvalue weighted by Crippen LogP contribution is 2.64. The number of hydrogen-bond donors (Lipinski definition) is 1. The highest BCUT2D eigenvalue weighted by atomic mass is 79.9. The molecule has 1 fully saturated rings. The number of nitrogens with zero attached hydrogens (tertiary/aromatic N) is 1. The van der Waals surface area contributed by atoms with Crippen molar-refractivity contribution in [2.24, 2.45) is 5.92 Å². The smallest absolute Gasteiger partial charge is 0.169 e. The number of rotatable bonds is 6. The van der Waals surface area contributed by atoms with Gasteiger partial charge in [-0.05, 0) is 88.3 Å². The molecule has 254 valence electrons. The number of ketones is 1. The number of carbonyl (C=O) groups excluding carboxylic acids is 1. The normalized spacial score (nSPS) is 22.9. The van der Waals surface area contributed by atoms with Gasteiger partial charge in [0.25, 0.3) is 0 Å². The lowest BCUT2D eigenvalue weighted by molar-refractivity contribution is -0.0738. The van der Waals surface area contributed by atoms with Crippen molar-refractivity contribution >= 4 is 43.3 Å². The fourth-order valence-electron chi connectivity index (χ4n) is 8.91. The molecule has 52 heavy (non-hydrogen) atoms. The third kappa shape index (κ3) is 5.66. The molecule has 1 N–H and O–H groups in total. The topological polar surface area (TPSA) is 61.1 Å². The van der Waals surface area contributed by atoms with Crippen LogP contribution in [0.25, 0.3) is 21.5 Å². The summed E-state index contributed by atoms with van der Waals surface area (Å²) >= 11 is 3.62. The monoisotopic (exact) mass is 739 g/mol. The van der Waals surface area contributed by atoms with E-state index in [1.807, 2.05) is 134 Å². The lowest BCUT2D eigenvalue weighted by Crippen LogP contribution is -2.58. The van der Waals surface area contributed by atoms with Gasteiger partial charge in [0.2, 0.25) is 0 Å². The minimum atomic E-state index is -1.66. The minimum Gasteiger partial charge on any atom is -0.384 e. The van der Waals surface area contributed by atoms with Crippen LogP contribution in [0.2, 0.25) is 0 Å². The van der Waals surface area contributed by atoms with Crippen LogP contribution in [0.4, 0.5) is 0 Å². The Balaban J connectivity index is 1.49. The molecule has 0 radical (unpaired) electrons. The molecule has 3 nitrogen and oxygen atoms in total. The Kier molecular flexibility index (Phi) is 8.66. The summed E-state index contributed by atoms with van der Waals surface area (Å²) in [7, 11) is 0. The van der Waals surface area contributed by atoms with E-state index in [-0.39, 0.29) is 12.2 Å². The van der Waals surface area contributed by atoms with Gasteiger partial charge in [-0.15, -0.1) is 0 Å². The van der Waals surface area contributed by atoms with Crippen molar-refractivity contribution in [3.05, 3.63) is 201 Å². The second-order valence-corrected chi connectivity index (χ2v) is 15.4. The Bertz CT molecular complexity index is 2520. The summed E-state index contributed by atoms with van der Waals surface area (Å²) in [6.07, 6.45) is 0.157. The van der Waals surface area contributed by atoms with E-state index in [1.54, 1.807) is 0 Å². The predicted molar refractivity (Wildman–Crippen MR) is 214 cm³/mol. The lowest BCUT2D eigenvalue weighted by Gasteiger charge is -2.56. The van der Waals surface area contributed by atoms with E-state index < -0.39 is 28.8 Å². The molecule has 0 bridgehead atoms. The maximum absolute atomic E-state index is 15.7. The van der Waals surface area contributed by atoms with Crippen LogP contribution in [0.3, 0.4) is 0 Å². The molecule has 1 aliphatic rings. The summed E-state index contributed by atoms with van der Waals surface area (Å²) in [5, 5.41) is 29.7. The number of halogens is 1. The van der Waals surface area contributed by atoms with Gasteiger partial charge in [0.15, 0.2) is 5.78 Å². The molecule has 0 aliphatic heterocycles. The van der Waals surface area contributed by atoms with E-state index in [1.165, 1.54) is 0 Å². The first kappa shape index (κ1) is 33.8. The van der Waals surface area contributed by atoms with Gasteiger partial charge in [-0.3, -0.25) is 4.79 Å². The Morgan fingerprint density at radius 3 is 1.85 bits per heavy atom.